The molecule has 0 unspecified atom stereocenters. The second-order valence-electron chi connectivity index (χ2n) is 4.04. The third-order valence-corrected chi connectivity index (χ3v) is 3.43. The van der Waals surface area contributed by atoms with E-state index in [9.17, 15) is 0 Å². The molecule has 0 bridgehead atoms. The molecule has 1 N–H and O–H groups in total. The van der Waals surface area contributed by atoms with Gasteiger partial charge in [0.15, 0.2) is 0 Å². The molecular weight excluding hydrogens is 343 g/mol. The van der Waals surface area contributed by atoms with Gasteiger partial charge in [0.25, 0.3) is 0 Å². The number of nitrogens with one attached hydrogen (secondary N) is 1. The summed E-state index contributed by atoms with van der Waals surface area (Å²) in [4.78, 5) is 10.8. The normalized spacial score (nSPS) is 14.4. The predicted molar refractivity (Wildman–Crippen MR) is 78.1 cm³/mol. The second-order valence-corrected chi connectivity index (χ2v) is 5.15. The van der Waals surface area contributed by atoms with Crippen molar-refractivity contribution in [2.45, 2.75) is 13.0 Å². The molecule has 0 aromatic carbocycles. The van der Waals surface area contributed by atoms with Crippen molar-refractivity contribution < 1.29 is 0 Å². The summed E-state index contributed by atoms with van der Waals surface area (Å²) < 4.78 is 3.05. The smallest absolute Gasteiger partial charge is 0.224 e. The summed E-state index contributed by atoms with van der Waals surface area (Å²) in [6.45, 7) is 1.93. The molecule has 6 nitrogen and oxygen atoms in total. The van der Waals surface area contributed by atoms with Crippen LogP contribution in [0.4, 0.5) is 17.6 Å². The fraction of sp³-hybridized carbons (Fsp3) is 0.364. The van der Waals surface area contributed by atoms with Crippen LogP contribution >= 0.6 is 22.6 Å². The number of aromatic nitrogens is 4. The van der Waals surface area contributed by atoms with Crippen LogP contribution in [0.15, 0.2) is 18.3 Å². The highest BCUT2D eigenvalue weighted by Gasteiger charge is 2.21. The lowest BCUT2D eigenvalue weighted by molar-refractivity contribution is 0.538. The van der Waals surface area contributed by atoms with Gasteiger partial charge in [0.05, 0.1) is 0 Å². The summed E-state index contributed by atoms with van der Waals surface area (Å²) in [6, 6.07) is 4.01. The van der Waals surface area contributed by atoms with Crippen LogP contribution < -0.4 is 10.2 Å². The Morgan fingerprint density at radius 2 is 2.28 bits per heavy atom. The minimum Gasteiger partial charge on any atom is -0.357 e. The molecule has 1 aliphatic rings. The van der Waals surface area contributed by atoms with Crippen LogP contribution in [0.3, 0.4) is 0 Å². The van der Waals surface area contributed by atoms with Gasteiger partial charge in [-0.25, -0.2) is 9.67 Å². The van der Waals surface area contributed by atoms with Gasteiger partial charge in [-0.05, 0) is 35.1 Å². The molecule has 0 amide bonds. The minimum absolute atomic E-state index is 0.638. The van der Waals surface area contributed by atoms with Gasteiger partial charge in [-0.15, -0.1) is 0 Å². The summed E-state index contributed by atoms with van der Waals surface area (Å²) >= 11 is 2.24. The van der Waals surface area contributed by atoms with Crippen molar-refractivity contribution in [3.63, 3.8) is 0 Å². The predicted octanol–water partition coefficient (Wildman–Crippen LogP) is 1.86. The van der Waals surface area contributed by atoms with Crippen molar-refractivity contribution in [2.24, 2.45) is 0 Å². The Morgan fingerprint density at radius 3 is 3.11 bits per heavy atom. The number of rotatable bonds is 2. The Hall–Kier alpha value is -1.38. The van der Waals surface area contributed by atoms with Gasteiger partial charge in [0.2, 0.25) is 5.95 Å². The Bertz CT molecular complexity index is 566. The molecule has 0 saturated carbocycles. The number of halogens is 1. The van der Waals surface area contributed by atoms with Crippen molar-refractivity contribution in [3.8, 4) is 0 Å². The summed E-state index contributed by atoms with van der Waals surface area (Å²) in [5, 5.41) is 7.43. The topological polar surface area (TPSA) is 58.9 Å². The lowest BCUT2D eigenvalue weighted by Gasteiger charge is -2.28. The molecule has 2 aromatic heterocycles. The molecule has 94 valence electrons. The van der Waals surface area contributed by atoms with Crippen LogP contribution in [0.2, 0.25) is 0 Å². The zero-order valence-electron chi connectivity index (χ0n) is 9.97. The van der Waals surface area contributed by atoms with E-state index in [1.807, 2.05) is 17.8 Å². The number of nitrogens with zero attached hydrogens (tertiary/aromatic N) is 5. The average molecular weight is 356 g/mol. The zero-order valence-corrected chi connectivity index (χ0v) is 12.1. The van der Waals surface area contributed by atoms with Crippen LogP contribution in [0.25, 0.3) is 0 Å². The molecule has 0 aliphatic carbocycles. The third kappa shape index (κ3) is 2.02. The molecule has 7 heteroatoms. The van der Waals surface area contributed by atoms with E-state index in [0.717, 1.165) is 34.8 Å². The van der Waals surface area contributed by atoms with Crippen molar-refractivity contribution in [3.05, 3.63) is 22.0 Å². The Morgan fingerprint density at radius 1 is 1.39 bits per heavy atom. The highest BCUT2D eigenvalue weighted by atomic mass is 127. The second kappa shape index (κ2) is 4.71. The molecule has 0 spiro atoms. The first-order valence-corrected chi connectivity index (χ1v) is 6.87. The quantitative estimate of drug-likeness (QED) is 0.833. The van der Waals surface area contributed by atoms with Crippen LogP contribution in [0.5, 0.6) is 0 Å². The number of aryl methyl sites for hydroxylation is 1. The molecule has 3 heterocycles. The van der Waals surface area contributed by atoms with Gasteiger partial charge in [0.1, 0.15) is 15.3 Å². The van der Waals surface area contributed by atoms with E-state index in [0.29, 0.717) is 5.95 Å². The Balaban J connectivity index is 2.02. The Labute approximate surface area is 119 Å². The fourth-order valence-corrected chi connectivity index (χ4v) is 2.64. The van der Waals surface area contributed by atoms with E-state index in [1.165, 1.54) is 0 Å². The summed E-state index contributed by atoms with van der Waals surface area (Å²) in [7, 11) is 1.82. The monoisotopic (exact) mass is 356 g/mol. The summed E-state index contributed by atoms with van der Waals surface area (Å²) in [5.74, 6) is 2.65. The maximum absolute atomic E-state index is 4.48. The van der Waals surface area contributed by atoms with Crippen molar-refractivity contribution in [1.29, 1.82) is 0 Å². The molecule has 0 radical (unpaired) electrons. The van der Waals surface area contributed by atoms with E-state index < -0.39 is 0 Å². The maximum atomic E-state index is 4.48. The van der Waals surface area contributed by atoms with Gasteiger partial charge >= 0.3 is 0 Å². The molecule has 18 heavy (non-hydrogen) atoms. The number of fused-ring (bicyclic) bond motifs is 1. The van der Waals surface area contributed by atoms with E-state index in [1.54, 1.807) is 6.20 Å². The van der Waals surface area contributed by atoms with Crippen LogP contribution in [0.1, 0.15) is 6.42 Å². The molecule has 1 aliphatic heterocycles. The highest BCUT2D eigenvalue weighted by molar-refractivity contribution is 14.1. The third-order valence-electron chi connectivity index (χ3n) is 2.90. The number of hydrogen-bond acceptors (Lipinski definition) is 5. The van der Waals surface area contributed by atoms with E-state index >= 15 is 0 Å². The van der Waals surface area contributed by atoms with Gasteiger partial charge in [-0.3, -0.25) is 0 Å². The molecule has 0 fully saturated rings. The van der Waals surface area contributed by atoms with Gasteiger partial charge in [0, 0.05) is 32.4 Å². The molecule has 0 saturated heterocycles. The van der Waals surface area contributed by atoms with Crippen molar-refractivity contribution in [1.82, 2.24) is 19.7 Å². The van der Waals surface area contributed by atoms with Crippen LogP contribution in [-0.2, 0) is 6.54 Å². The molecule has 3 rings (SSSR count). The van der Waals surface area contributed by atoms with E-state index in [4.69, 9.17) is 0 Å². The van der Waals surface area contributed by atoms with Crippen LogP contribution in [0, 0.1) is 3.70 Å². The Kier molecular flexibility index (Phi) is 3.06. The first-order chi connectivity index (χ1) is 8.78. The first kappa shape index (κ1) is 11.7. The summed E-state index contributed by atoms with van der Waals surface area (Å²) in [6.07, 6.45) is 2.85. The largest absolute Gasteiger partial charge is 0.357 e. The standard InChI is InChI=1S/C11H13IN6/c1-13-11-14-4-3-9(15-11)17-5-2-6-18-10(17)7-8(12)16-18/h3-4,7H,2,5-6H2,1H3,(H,13,14,15). The van der Waals surface area contributed by atoms with Gasteiger partial charge in [-0.2, -0.15) is 10.1 Å². The lowest BCUT2D eigenvalue weighted by atomic mass is 10.3. The van der Waals surface area contributed by atoms with Crippen molar-refractivity contribution in [2.75, 3.05) is 23.8 Å². The molecule has 2 aromatic rings. The van der Waals surface area contributed by atoms with Crippen molar-refractivity contribution >= 4 is 40.2 Å². The maximum Gasteiger partial charge on any atom is 0.224 e. The molecule has 0 atom stereocenters. The van der Waals surface area contributed by atoms with Crippen LogP contribution in [-0.4, -0.2) is 33.3 Å². The average Bonchev–Trinajstić information content (AvgIpc) is 2.78. The lowest BCUT2D eigenvalue weighted by Crippen LogP contribution is -2.28. The fourth-order valence-electron chi connectivity index (χ4n) is 2.10. The first-order valence-electron chi connectivity index (χ1n) is 5.79. The van der Waals surface area contributed by atoms with E-state index in [-0.39, 0.29) is 0 Å². The number of anilines is 3. The summed E-state index contributed by atoms with van der Waals surface area (Å²) in [5.41, 5.74) is 0. The van der Waals surface area contributed by atoms with Gasteiger partial charge in [-0.1, -0.05) is 0 Å². The zero-order chi connectivity index (χ0) is 12.5. The molecular formula is C11H13IN6. The highest BCUT2D eigenvalue weighted by Crippen LogP contribution is 2.29. The van der Waals surface area contributed by atoms with E-state index in [2.05, 4.69) is 53.9 Å². The van der Waals surface area contributed by atoms with Gasteiger partial charge < -0.3 is 10.2 Å². The minimum atomic E-state index is 0.638. The SMILES string of the molecule is CNc1nccc(N2CCCn3nc(I)cc32)n1. The number of hydrogen-bond donors (Lipinski definition) is 1.